The summed E-state index contributed by atoms with van der Waals surface area (Å²) in [5, 5.41) is 12.8. The summed E-state index contributed by atoms with van der Waals surface area (Å²) < 4.78 is 29.3. The minimum atomic E-state index is -2.68. The van der Waals surface area contributed by atoms with Crippen molar-refractivity contribution in [3.63, 3.8) is 0 Å². The van der Waals surface area contributed by atoms with E-state index < -0.39 is 12.1 Å². The van der Waals surface area contributed by atoms with Crippen molar-refractivity contribution >= 4 is 0 Å². The van der Waals surface area contributed by atoms with E-state index in [1.807, 2.05) is 6.92 Å². The molecule has 0 radical (unpaired) electrons. The molecule has 0 spiro atoms. The van der Waals surface area contributed by atoms with Crippen molar-refractivity contribution in [2.45, 2.75) is 13.3 Å². The van der Waals surface area contributed by atoms with Gasteiger partial charge in [-0.15, -0.1) is 0 Å². The van der Waals surface area contributed by atoms with Gasteiger partial charge in [-0.1, -0.05) is 16.8 Å². The summed E-state index contributed by atoms with van der Waals surface area (Å²) in [4.78, 5) is 0. The average molecular weight is 225 g/mol. The highest BCUT2D eigenvalue weighted by Crippen LogP contribution is 2.32. The number of phenolic OH excluding ortho intramolecular Hbond substituents is 1. The Hall–Kier alpha value is -1.91. The summed E-state index contributed by atoms with van der Waals surface area (Å²) in [6.07, 6.45) is -2.68. The van der Waals surface area contributed by atoms with Crippen molar-refractivity contribution in [1.82, 2.24) is 5.16 Å². The quantitative estimate of drug-likeness (QED) is 0.852. The van der Waals surface area contributed by atoms with Gasteiger partial charge in [0.25, 0.3) is 6.43 Å². The summed E-state index contributed by atoms with van der Waals surface area (Å²) in [5.74, 6) is 0.110. The highest BCUT2D eigenvalue weighted by molar-refractivity contribution is 5.66. The molecule has 3 nitrogen and oxygen atoms in total. The van der Waals surface area contributed by atoms with Crippen molar-refractivity contribution < 1.29 is 18.4 Å². The molecule has 1 aromatic carbocycles. The Labute approximate surface area is 90.3 Å². The zero-order valence-corrected chi connectivity index (χ0v) is 8.45. The van der Waals surface area contributed by atoms with E-state index in [0.29, 0.717) is 5.56 Å². The van der Waals surface area contributed by atoms with E-state index >= 15 is 0 Å². The van der Waals surface area contributed by atoms with Gasteiger partial charge in [0.15, 0.2) is 5.76 Å². The lowest BCUT2D eigenvalue weighted by Gasteiger charge is -2.00. The van der Waals surface area contributed by atoms with Gasteiger partial charge >= 0.3 is 0 Å². The lowest BCUT2D eigenvalue weighted by atomic mass is 10.1. The van der Waals surface area contributed by atoms with E-state index in [1.54, 1.807) is 12.1 Å². The smallest absolute Gasteiger partial charge is 0.283 e. The van der Waals surface area contributed by atoms with E-state index in [1.165, 1.54) is 6.07 Å². The first-order valence-electron chi connectivity index (χ1n) is 4.62. The van der Waals surface area contributed by atoms with E-state index in [9.17, 15) is 13.9 Å². The predicted molar refractivity (Wildman–Crippen MR) is 53.3 cm³/mol. The fourth-order valence-corrected chi connectivity index (χ4v) is 1.37. The van der Waals surface area contributed by atoms with Crippen molar-refractivity contribution in [3.8, 4) is 17.1 Å². The molecule has 2 aromatic rings. The van der Waals surface area contributed by atoms with Gasteiger partial charge in [0.2, 0.25) is 0 Å². The maximum absolute atomic E-state index is 12.3. The number of aromatic nitrogens is 1. The normalized spacial score (nSPS) is 11.0. The molecule has 2 rings (SSSR count). The Morgan fingerprint density at radius 1 is 1.31 bits per heavy atom. The van der Waals surface area contributed by atoms with E-state index in [-0.39, 0.29) is 11.5 Å². The number of benzene rings is 1. The molecule has 1 aromatic heterocycles. The maximum Gasteiger partial charge on any atom is 0.283 e. The third-order valence-corrected chi connectivity index (χ3v) is 2.17. The molecule has 0 bridgehead atoms. The predicted octanol–water partition coefficient (Wildman–Crippen LogP) is 3.29. The summed E-state index contributed by atoms with van der Waals surface area (Å²) in [7, 11) is 0. The number of hydrogen-bond donors (Lipinski definition) is 1. The molecule has 0 saturated carbocycles. The largest absolute Gasteiger partial charge is 0.507 e. The first kappa shape index (κ1) is 10.6. The second-order valence-electron chi connectivity index (χ2n) is 3.44. The Morgan fingerprint density at radius 3 is 2.69 bits per heavy atom. The molecule has 5 heteroatoms. The second-order valence-corrected chi connectivity index (χ2v) is 3.44. The van der Waals surface area contributed by atoms with Crippen LogP contribution in [0.2, 0.25) is 0 Å². The van der Waals surface area contributed by atoms with Gasteiger partial charge in [-0.3, -0.25) is 0 Å². The molecule has 0 aliphatic heterocycles. The Morgan fingerprint density at radius 2 is 2.06 bits per heavy atom. The first-order valence-corrected chi connectivity index (χ1v) is 4.62. The molecule has 0 aliphatic carbocycles. The fourth-order valence-electron chi connectivity index (χ4n) is 1.37. The fraction of sp³-hybridized carbons (Fsp3) is 0.182. The highest BCUT2D eigenvalue weighted by atomic mass is 19.3. The Kier molecular flexibility index (Phi) is 2.60. The number of halogens is 2. The lowest BCUT2D eigenvalue weighted by Crippen LogP contribution is -1.81. The lowest BCUT2D eigenvalue weighted by molar-refractivity contribution is 0.140. The number of rotatable bonds is 2. The number of aromatic hydroxyl groups is 1. The zero-order chi connectivity index (χ0) is 11.7. The minimum Gasteiger partial charge on any atom is -0.507 e. The van der Waals surface area contributed by atoms with Crippen LogP contribution in [0.25, 0.3) is 11.3 Å². The van der Waals surface area contributed by atoms with Gasteiger partial charge in [-0.25, -0.2) is 8.78 Å². The molecule has 1 heterocycles. The molecule has 0 atom stereocenters. The minimum absolute atomic E-state index is 0.0254. The molecule has 0 unspecified atom stereocenters. The topological polar surface area (TPSA) is 46.3 Å². The molecule has 1 N–H and O–H groups in total. The number of hydrogen-bond acceptors (Lipinski definition) is 3. The summed E-state index contributed by atoms with van der Waals surface area (Å²) in [5.41, 5.74) is 0.818. The van der Waals surface area contributed by atoms with Crippen LogP contribution in [0.15, 0.2) is 28.8 Å². The number of nitrogens with zero attached hydrogens (tertiary/aromatic N) is 1. The molecule has 0 amide bonds. The van der Waals surface area contributed by atoms with Crippen LogP contribution in [-0.2, 0) is 0 Å². The summed E-state index contributed by atoms with van der Waals surface area (Å²) in [6.45, 7) is 1.83. The van der Waals surface area contributed by atoms with Gasteiger partial charge in [0.1, 0.15) is 11.4 Å². The van der Waals surface area contributed by atoms with Gasteiger partial charge in [-0.05, 0) is 19.1 Å². The van der Waals surface area contributed by atoms with E-state index in [4.69, 9.17) is 4.52 Å². The molecule has 0 saturated heterocycles. The third-order valence-electron chi connectivity index (χ3n) is 2.17. The van der Waals surface area contributed by atoms with Gasteiger partial charge in [0.05, 0.1) is 5.56 Å². The average Bonchev–Trinajstić information content (AvgIpc) is 2.70. The van der Waals surface area contributed by atoms with Crippen molar-refractivity contribution in [3.05, 3.63) is 35.5 Å². The summed E-state index contributed by atoms with van der Waals surface area (Å²) in [6, 6.07) is 5.96. The first-order chi connectivity index (χ1) is 7.58. The number of phenols is 1. The third kappa shape index (κ3) is 1.88. The molecule has 0 aliphatic rings. The van der Waals surface area contributed by atoms with Crippen LogP contribution in [0.4, 0.5) is 8.78 Å². The van der Waals surface area contributed by atoms with Crippen molar-refractivity contribution in [2.24, 2.45) is 0 Å². The maximum atomic E-state index is 12.3. The Balaban J connectivity index is 2.46. The van der Waals surface area contributed by atoms with Crippen LogP contribution in [0.1, 0.15) is 17.7 Å². The standard InChI is InChI=1S/C11H9F2NO2/c1-6-2-3-9(15)7(4-6)10-5-8(11(12)13)14-16-10/h2-5,11,15H,1H3. The Bertz CT molecular complexity index is 508. The molecular formula is C11H9F2NO2. The molecular weight excluding hydrogens is 216 g/mol. The van der Waals surface area contributed by atoms with Gasteiger partial charge in [-0.2, -0.15) is 0 Å². The molecule has 16 heavy (non-hydrogen) atoms. The van der Waals surface area contributed by atoms with Gasteiger partial charge < -0.3 is 9.63 Å². The summed E-state index contributed by atoms with van der Waals surface area (Å²) >= 11 is 0. The molecule has 84 valence electrons. The highest BCUT2D eigenvalue weighted by Gasteiger charge is 2.16. The van der Waals surface area contributed by atoms with Gasteiger partial charge in [0, 0.05) is 6.07 Å². The van der Waals surface area contributed by atoms with Crippen LogP contribution in [0.3, 0.4) is 0 Å². The SMILES string of the molecule is Cc1ccc(O)c(-c2cc(C(F)F)no2)c1. The van der Waals surface area contributed by atoms with Crippen LogP contribution >= 0.6 is 0 Å². The number of aryl methyl sites for hydroxylation is 1. The van der Waals surface area contributed by atoms with Crippen LogP contribution < -0.4 is 0 Å². The number of alkyl halides is 2. The van der Waals surface area contributed by atoms with Crippen molar-refractivity contribution in [1.29, 1.82) is 0 Å². The monoisotopic (exact) mass is 225 g/mol. The van der Waals surface area contributed by atoms with E-state index in [0.717, 1.165) is 11.6 Å². The second kappa shape index (κ2) is 3.92. The van der Waals surface area contributed by atoms with Crippen LogP contribution in [-0.4, -0.2) is 10.3 Å². The van der Waals surface area contributed by atoms with Crippen LogP contribution in [0.5, 0.6) is 5.75 Å². The van der Waals surface area contributed by atoms with E-state index in [2.05, 4.69) is 5.16 Å². The molecule has 0 fully saturated rings. The van der Waals surface area contributed by atoms with Crippen molar-refractivity contribution in [2.75, 3.05) is 0 Å². The van der Waals surface area contributed by atoms with Crippen LogP contribution in [0, 0.1) is 6.92 Å². The zero-order valence-electron chi connectivity index (χ0n) is 8.45.